The van der Waals surface area contributed by atoms with E-state index < -0.39 is 5.82 Å². The fourth-order valence-electron chi connectivity index (χ4n) is 1.23. The smallest absolute Gasteiger partial charge is 0.165 e. The van der Waals surface area contributed by atoms with Crippen molar-refractivity contribution in [3.8, 4) is 0 Å². The van der Waals surface area contributed by atoms with Gasteiger partial charge in [0.2, 0.25) is 0 Å². The molecule has 1 aromatic carbocycles. The standard InChI is InChI=1S/C11H11Br2FO/c12-6-2-1-3-11(15)9-7-8(13)4-5-10(9)14/h4-5,7H,1-3,6H2. The average molecular weight is 338 g/mol. The predicted molar refractivity (Wildman–Crippen MR) is 66.1 cm³/mol. The fourth-order valence-corrected chi connectivity index (χ4v) is 1.98. The maximum absolute atomic E-state index is 13.3. The number of alkyl halides is 1. The van der Waals surface area contributed by atoms with Gasteiger partial charge >= 0.3 is 0 Å². The van der Waals surface area contributed by atoms with Gasteiger partial charge in [0, 0.05) is 16.2 Å². The van der Waals surface area contributed by atoms with Crippen molar-refractivity contribution in [1.82, 2.24) is 0 Å². The van der Waals surface area contributed by atoms with Gasteiger partial charge in [-0.3, -0.25) is 4.79 Å². The maximum atomic E-state index is 13.3. The summed E-state index contributed by atoms with van der Waals surface area (Å²) in [5.74, 6) is -0.572. The SMILES string of the molecule is O=C(CCCCBr)c1cc(Br)ccc1F. The summed E-state index contributed by atoms with van der Waals surface area (Å²) >= 11 is 6.51. The second kappa shape index (κ2) is 6.38. The summed E-state index contributed by atoms with van der Waals surface area (Å²) in [7, 11) is 0. The van der Waals surface area contributed by atoms with Crippen LogP contribution in [-0.2, 0) is 0 Å². The normalized spacial score (nSPS) is 10.3. The molecule has 0 unspecified atom stereocenters. The number of hydrogen-bond acceptors (Lipinski definition) is 1. The Labute approximate surface area is 105 Å². The molecule has 0 aliphatic carbocycles. The second-order valence-corrected chi connectivity index (χ2v) is 4.90. The number of hydrogen-bond donors (Lipinski definition) is 0. The van der Waals surface area contributed by atoms with Gasteiger partial charge in [-0.05, 0) is 31.0 Å². The zero-order chi connectivity index (χ0) is 11.3. The Morgan fingerprint density at radius 2 is 2.07 bits per heavy atom. The molecule has 0 aliphatic rings. The van der Waals surface area contributed by atoms with Crippen LogP contribution in [0.25, 0.3) is 0 Å². The van der Waals surface area contributed by atoms with Gasteiger partial charge in [0.25, 0.3) is 0 Å². The van der Waals surface area contributed by atoms with E-state index in [1.807, 2.05) is 0 Å². The Morgan fingerprint density at radius 3 is 2.73 bits per heavy atom. The van der Waals surface area contributed by atoms with Crippen molar-refractivity contribution in [3.05, 3.63) is 34.1 Å². The monoisotopic (exact) mass is 336 g/mol. The Balaban J connectivity index is 2.68. The van der Waals surface area contributed by atoms with E-state index in [1.165, 1.54) is 12.1 Å². The molecule has 0 spiro atoms. The van der Waals surface area contributed by atoms with Crippen molar-refractivity contribution in [2.45, 2.75) is 19.3 Å². The first kappa shape index (κ1) is 12.8. The van der Waals surface area contributed by atoms with Crippen LogP contribution in [0.4, 0.5) is 4.39 Å². The number of rotatable bonds is 5. The van der Waals surface area contributed by atoms with Gasteiger partial charge in [-0.1, -0.05) is 31.9 Å². The highest BCUT2D eigenvalue weighted by Crippen LogP contribution is 2.17. The fraction of sp³-hybridized carbons (Fsp3) is 0.364. The van der Waals surface area contributed by atoms with Gasteiger partial charge in [-0.25, -0.2) is 4.39 Å². The van der Waals surface area contributed by atoms with Gasteiger partial charge in [-0.2, -0.15) is 0 Å². The molecule has 4 heteroatoms. The predicted octanol–water partition coefficient (Wildman–Crippen LogP) is 4.34. The van der Waals surface area contributed by atoms with E-state index in [0.717, 1.165) is 22.6 Å². The van der Waals surface area contributed by atoms with Crippen molar-refractivity contribution in [2.24, 2.45) is 0 Å². The number of Topliss-reactive ketones (excluding diaryl/α,β-unsaturated/α-hetero) is 1. The van der Waals surface area contributed by atoms with E-state index in [1.54, 1.807) is 6.07 Å². The molecular weight excluding hydrogens is 327 g/mol. The first-order valence-corrected chi connectivity index (χ1v) is 6.61. The summed E-state index contributed by atoms with van der Waals surface area (Å²) in [4.78, 5) is 11.6. The largest absolute Gasteiger partial charge is 0.294 e. The summed E-state index contributed by atoms with van der Waals surface area (Å²) in [5.41, 5.74) is 0.180. The van der Waals surface area contributed by atoms with Crippen LogP contribution in [0.3, 0.4) is 0 Å². The molecule has 0 aliphatic heterocycles. The Kier molecular flexibility index (Phi) is 5.47. The van der Waals surface area contributed by atoms with Crippen molar-refractivity contribution in [3.63, 3.8) is 0 Å². The second-order valence-electron chi connectivity index (χ2n) is 3.19. The van der Waals surface area contributed by atoms with E-state index in [0.29, 0.717) is 6.42 Å². The number of carbonyl (C=O) groups is 1. The van der Waals surface area contributed by atoms with Gasteiger partial charge < -0.3 is 0 Å². The van der Waals surface area contributed by atoms with Crippen LogP contribution in [0.2, 0.25) is 0 Å². The molecule has 1 aromatic rings. The lowest BCUT2D eigenvalue weighted by molar-refractivity contribution is 0.0976. The zero-order valence-corrected chi connectivity index (χ0v) is 11.3. The molecular formula is C11H11Br2FO. The Morgan fingerprint density at radius 1 is 1.33 bits per heavy atom. The first-order valence-electron chi connectivity index (χ1n) is 4.69. The molecule has 0 radical (unpaired) electrons. The van der Waals surface area contributed by atoms with E-state index in [4.69, 9.17) is 0 Å². The highest BCUT2D eigenvalue weighted by molar-refractivity contribution is 9.10. The van der Waals surface area contributed by atoms with Crippen LogP contribution in [0.1, 0.15) is 29.6 Å². The Hall–Kier alpha value is -0.220. The third-order valence-electron chi connectivity index (χ3n) is 2.02. The highest BCUT2D eigenvalue weighted by atomic mass is 79.9. The molecule has 82 valence electrons. The number of halogens is 3. The lowest BCUT2D eigenvalue weighted by Crippen LogP contribution is -2.02. The quantitative estimate of drug-likeness (QED) is 0.444. The molecule has 0 saturated carbocycles. The molecule has 0 heterocycles. The van der Waals surface area contributed by atoms with Gasteiger partial charge in [0.05, 0.1) is 5.56 Å². The topological polar surface area (TPSA) is 17.1 Å². The van der Waals surface area contributed by atoms with Crippen LogP contribution in [-0.4, -0.2) is 11.1 Å². The van der Waals surface area contributed by atoms with Crippen LogP contribution < -0.4 is 0 Å². The van der Waals surface area contributed by atoms with E-state index in [9.17, 15) is 9.18 Å². The lowest BCUT2D eigenvalue weighted by Gasteiger charge is -2.02. The van der Waals surface area contributed by atoms with Crippen LogP contribution >= 0.6 is 31.9 Å². The third-order valence-corrected chi connectivity index (χ3v) is 3.07. The van der Waals surface area contributed by atoms with Crippen LogP contribution in [0, 0.1) is 5.82 Å². The lowest BCUT2D eigenvalue weighted by atomic mass is 10.1. The van der Waals surface area contributed by atoms with E-state index in [2.05, 4.69) is 31.9 Å². The average Bonchev–Trinajstić information content (AvgIpc) is 2.22. The summed E-state index contributed by atoms with van der Waals surface area (Å²) in [6.45, 7) is 0. The summed E-state index contributed by atoms with van der Waals surface area (Å²) in [6, 6.07) is 4.43. The van der Waals surface area contributed by atoms with Crippen molar-refractivity contribution in [1.29, 1.82) is 0 Å². The molecule has 1 rings (SSSR count). The molecule has 0 N–H and O–H groups in total. The van der Waals surface area contributed by atoms with Gasteiger partial charge in [-0.15, -0.1) is 0 Å². The minimum absolute atomic E-state index is 0.130. The molecule has 0 bridgehead atoms. The molecule has 0 amide bonds. The maximum Gasteiger partial charge on any atom is 0.165 e. The molecule has 0 saturated heterocycles. The first-order chi connectivity index (χ1) is 7.15. The highest BCUT2D eigenvalue weighted by Gasteiger charge is 2.11. The summed E-state index contributed by atoms with van der Waals surface area (Å²) in [6.07, 6.45) is 2.12. The van der Waals surface area contributed by atoms with E-state index in [-0.39, 0.29) is 11.3 Å². The molecule has 0 atom stereocenters. The number of ketones is 1. The van der Waals surface area contributed by atoms with Crippen molar-refractivity contribution in [2.75, 3.05) is 5.33 Å². The minimum atomic E-state index is -0.443. The number of benzene rings is 1. The third kappa shape index (κ3) is 4.03. The Bertz CT molecular complexity index is 352. The van der Waals surface area contributed by atoms with Gasteiger partial charge in [0.1, 0.15) is 5.82 Å². The number of unbranched alkanes of at least 4 members (excludes halogenated alkanes) is 1. The minimum Gasteiger partial charge on any atom is -0.294 e. The number of carbonyl (C=O) groups excluding carboxylic acids is 1. The van der Waals surface area contributed by atoms with Crippen LogP contribution in [0.5, 0.6) is 0 Å². The molecule has 15 heavy (non-hydrogen) atoms. The zero-order valence-electron chi connectivity index (χ0n) is 8.10. The van der Waals surface area contributed by atoms with Crippen LogP contribution in [0.15, 0.2) is 22.7 Å². The summed E-state index contributed by atoms with van der Waals surface area (Å²) in [5, 5.41) is 0.876. The summed E-state index contributed by atoms with van der Waals surface area (Å²) < 4.78 is 14.0. The van der Waals surface area contributed by atoms with E-state index >= 15 is 0 Å². The molecule has 0 fully saturated rings. The molecule has 1 nitrogen and oxygen atoms in total. The van der Waals surface area contributed by atoms with Crippen molar-refractivity contribution < 1.29 is 9.18 Å². The van der Waals surface area contributed by atoms with Crippen molar-refractivity contribution >= 4 is 37.6 Å². The van der Waals surface area contributed by atoms with Gasteiger partial charge in [0.15, 0.2) is 5.78 Å². The molecule has 0 aromatic heterocycles.